The molecule has 18 heavy (non-hydrogen) atoms. The number of aromatic nitrogens is 2. The van der Waals surface area contributed by atoms with E-state index in [2.05, 4.69) is 15.3 Å². The van der Waals surface area contributed by atoms with Crippen molar-refractivity contribution < 1.29 is 9.47 Å². The first-order valence-corrected chi connectivity index (χ1v) is 5.57. The van der Waals surface area contributed by atoms with Crippen molar-refractivity contribution in [3.8, 4) is 17.4 Å². The second-order valence-electron chi connectivity index (χ2n) is 3.68. The van der Waals surface area contributed by atoms with Gasteiger partial charge in [0.2, 0.25) is 11.8 Å². The van der Waals surface area contributed by atoms with Crippen LogP contribution in [0.4, 0.5) is 5.95 Å². The molecule has 2 rings (SSSR count). The molecule has 5 nitrogen and oxygen atoms in total. The van der Waals surface area contributed by atoms with Gasteiger partial charge in [0.05, 0.1) is 7.11 Å². The fraction of sp³-hybridized carbons (Fsp3) is 0.231. The summed E-state index contributed by atoms with van der Waals surface area (Å²) in [6, 6.07) is 7.44. The van der Waals surface area contributed by atoms with E-state index in [1.807, 2.05) is 31.2 Å². The van der Waals surface area contributed by atoms with E-state index in [-0.39, 0.29) is 0 Å². The summed E-state index contributed by atoms with van der Waals surface area (Å²) >= 11 is 0. The summed E-state index contributed by atoms with van der Waals surface area (Å²) in [4.78, 5) is 8.37. The Morgan fingerprint density at radius 1 is 1.17 bits per heavy atom. The fourth-order valence-corrected chi connectivity index (χ4v) is 1.46. The molecule has 94 valence electrons. The Morgan fingerprint density at radius 3 is 2.56 bits per heavy atom. The SMILES string of the molecule is CNc1ncc(C)c(Oc2ccccc2OC)n1. The summed E-state index contributed by atoms with van der Waals surface area (Å²) < 4.78 is 11.0. The predicted molar refractivity (Wildman–Crippen MR) is 69.4 cm³/mol. The quantitative estimate of drug-likeness (QED) is 0.897. The van der Waals surface area contributed by atoms with Gasteiger partial charge >= 0.3 is 0 Å². The van der Waals surface area contributed by atoms with Gasteiger partial charge < -0.3 is 14.8 Å². The molecule has 0 spiro atoms. The molecular weight excluding hydrogens is 230 g/mol. The highest BCUT2D eigenvalue weighted by molar-refractivity contribution is 5.43. The van der Waals surface area contributed by atoms with Crippen LogP contribution in [0.25, 0.3) is 0 Å². The Balaban J connectivity index is 2.33. The number of hydrogen-bond acceptors (Lipinski definition) is 5. The molecule has 0 saturated heterocycles. The zero-order valence-electron chi connectivity index (χ0n) is 10.6. The van der Waals surface area contributed by atoms with Crippen LogP contribution < -0.4 is 14.8 Å². The van der Waals surface area contributed by atoms with Crippen LogP contribution in [0.2, 0.25) is 0 Å². The lowest BCUT2D eigenvalue weighted by atomic mass is 10.3. The molecule has 1 aromatic carbocycles. The monoisotopic (exact) mass is 245 g/mol. The van der Waals surface area contributed by atoms with Gasteiger partial charge in [-0.3, -0.25) is 0 Å². The van der Waals surface area contributed by atoms with Crippen LogP contribution >= 0.6 is 0 Å². The lowest BCUT2D eigenvalue weighted by Crippen LogP contribution is -2.00. The van der Waals surface area contributed by atoms with Gasteiger partial charge in [-0.15, -0.1) is 0 Å². The average Bonchev–Trinajstić information content (AvgIpc) is 2.42. The van der Waals surface area contributed by atoms with E-state index in [9.17, 15) is 0 Å². The van der Waals surface area contributed by atoms with Crippen molar-refractivity contribution in [1.29, 1.82) is 0 Å². The van der Waals surface area contributed by atoms with Crippen LogP contribution in [0.15, 0.2) is 30.5 Å². The third-order valence-corrected chi connectivity index (χ3v) is 2.42. The molecule has 0 aliphatic carbocycles. The van der Waals surface area contributed by atoms with Gasteiger partial charge in [-0.25, -0.2) is 4.98 Å². The molecule has 0 amide bonds. The lowest BCUT2D eigenvalue weighted by Gasteiger charge is -2.11. The summed E-state index contributed by atoms with van der Waals surface area (Å²) in [5.41, 5.74) is 0.861. The summed E-state index contributed by atoms with van der Waals surface area (Å²) in [6.07, 6.45) is 1.71. The fourth-order valence-electron chi connectivity index (χ4n) is 1.46. The Morgan fingerprint density at radius 2 is 1.89 bits per heavy atom. The number of nitrogens with one attached hydrogen (secondary N) is 1. The Labute approximate surface area is 106 Å². The highest BCUT2D eigenvalue weighted by Crippen LogP contribution is 2.31. The lowest BCUT2D eigenvalue weighted by molar-refractivity contribution is 0.373. The van der Waals surface area contributed by atoms with E-state index in [1.54, 1.807) is 20.4 Å². The third-order valence-electron chi connectivity index (χ3n) is 2.42. The Bertz CT molecular complexity index is 544. The minimum Gasteiger partial charge on any atom is -0.493 e. The van der Waals surface area contributed by atoms with E-state index >= 15 is 0 Å². The van der Waals surface area contributed by atoms with Crippen molar-refractivity contribution in [2.24, 2.45) is 0 Å². The number of rotatable bonds is 4. The first-order valence-electron chi connectivity index (χ1n) is 5.57. The van der Waals surface area contributed by atoms with Gasteiger partial charge in [0.15, 0.2) is 11.5 Å². The molecule has 0 aliphatic heterocycles. The van der Waals surface area contributed by atoms with E-state index < -0.39 is 0 Å². The maximum Gasteiger partial charge on any atom is 0.227 e. The molecule has 0 unspecified atom stereocenters. The zero-order chi connectivity index (χ0) is 13.0. The number of ether oxygens (including phenoxy) is 2. The second-order valence-corrected chi connectivity index (χ2v) is 3.68. The molecule has 2 aromatic rings. The van der Waals surface area contributed by atoms with Crippen molar-refractivity contribution in [3.05, 3.63) is 36.0 Å². The van der Waals surface area contributed by atoms with Crippen LogP contribution in [-0.2, 0) is 0 Å². The number of benzene rings is 1. The molecule has 0 aliphatic rings. The molecule has 0 fully saturated rings. The first-order chi connectivity index (χ1) is 8.74. The van der Waals surface area contributed by atoms with Gasteiger partial charge in [0.1, 0.15) is 0 Å². The Kier molecular flexibility index (Phi) is 3.62. The smallest absolute Gasteiger partial charge is 0.227 e. The number of hydrogen-bond donors (Lipinski definition) is 1. The van der Waals surface area contributed by atoms with Crippen LogP contribution in [0.5, 0.6) is 17.4 Å². The zero-order valence-corrected chi connectivity index (χ0v) is 10.6. The molecular formula is C13H15N3O2. The molecule has 1 N–H and O–H groups in total. The maximum absolute atomic E-state index is 5.76. The predicted octanol–water partition coefficient (Wildman–Crippen LogP) is 2.63. The highest BCUT2D eigenvalue weighted by atomic mass is 16.5. The average molecular weight is 245 g/mol. The highest BCUT2D eigenvalue weighted by Gasteiger charge is 2.09. The summed E-state index contributed by atoms with van der Waals surface area (Å²) in [5, 5.41) is 2.88. The molecule has 0 bridgehead atoms. The van der Waals surface area contributed by atoms with Crippen molar-refractivity contribution in [1.82, 2.24) is 9.97 Å². The van der Waals surface area contributed by atoms with Crippen LogP contribution in [0.1, 0.15) is 5.56 Å². The van der Waals surface area contributed by atoms with Gasteiger partial charge in [0, 0.05) is 18.8 Å². The number of anilines is 1. The van der Waals surface area contributed by atoms with E-state index in [1.165, 1.54) is 0 Å². The minimum atomic E-state index is 0.513. The largest absolute Gasteiger partial charge is 0.493 e. The topological polar surface area (TPSA) is 56.3 Å². The molecule has 0 atom stereocenters. The molecule has 5 heteroatoms. The Hall–Kier alpha value is -2.30. The molecule has 1 aromatic heterocycles. The first kappa shape index (κ1) is 12.2. The molecule has 0 saturated carbocycles. The number of methoxy groups -OCH3 is 1. The van der Waals surface area contributed by atoms with Gasteiger partial charge in [0.25, 0.3) is 0 Å². The summed E-state index contributed by atoms with van der Waals surface area (Å²) in [6.45, 7) is 1.89. The second kappa shape index (κ2) is 5.35. The maximum atomic E-state index is 5.76. The van der Waals surface area contributed by atoms with Crippen LogP contribution in [-0.4, -0.2) is 24.1 Å². The molecule has 1 heterocycles. The van der Waals surface area contributed by atoms with Gasteiger partial charge in [-0.2, -0.15) is 4.98 Å². The van der Waals surface area contributed by atoms with Crippen LogP contribution in [0, 0.1) is 6.92 Å². The van der Waals surface area contributed by atoms with Crippen LogP contribution in [0.3, 0.4) is 0 Å². The summed E-state index contributed by atoms with van der Waals surface area (Å²) in [5.74, 6) is 2.33. The van der Waals surface area contributed by atoms with E-state index in [0.717, 1.165) is 5.56 Å². The third kappa shape index (κ3) is 2.51. The standard InChI is InChI=1S/C13H15N3O2/c1-9-8-15-13(14-2)16-12(9)18-11-7-5-4-6-10(11)17-3/h4-8H,1-3H3,(H,14,15,16). The number of aryl methyl sites for hydroxylation is 1. The number of para-hydroxylation sites is 2. The van der Waals surface area contributed by atoms with Crippen molar-refractivity contribution >= 4 is 5.95 Å². The van der Waals surface area contributed by atoms with E-state index in [4.69, 9.17) is 9.47 Å². The number of nitrogens with zero attached hydrogens (tertiary/aromatic N) is 2. The van der Waals surface area contributed by atoms with E-state index in [0.29, 0.717) is 23.3 Å². The van der Waals surface area contributed by atoms with Crippen molar-refractivity contribution in [3.63, 3.8) is 0 Å². The van der Waals surface area contributed by atoms with Gasteiger partial charge in [-0.1, -0.05) is 12.1 Å². The van der Waals surface area contributed by atoms with Gasteiger partial charge in [-0.05, 0) is 19.1 Å². The molecule has 0 radical (unpaired) electrons. The summed E-state index contributed by atoms with van der Waals surface area (Å²) in [7, 11) is 3.37. The van der Waals surface area contributed by atoms with Crippen molar-refractivity contribution in [2.45, 2.75) is 6.92 Å². The normalized spacial score (nSPS) is 9.94. The minimum absolute atomic E-state index is 0.513. The van der Waals surface area contributed by atoms with Crippen molar-refractivity contribution in [2.75, 3.05) is 19.5 Å².